The number of aromatic nitrogens is 4. The van der Waals surface area contributed by atoms with Crippen LogP contribution in [-0.4, -0.2) is 32.4 Å². The molecule has 0 bridgehead atoms. The maximum atomic E-state index is 13.2. The number of primary amides is 1. The Balaban J connectivity index is 1.36. The second-order valence-electron chi connectivity index (χ2n) is 6.98. The van der Waals surface area contributed by atoms with E-state index in [0.29, 0.717) is 28.3 Å². The second kappa shape index (κ2) is 8.78. The summed E-state index contributed by atoms with van der Waals surface area (Å²) < 4.78 is 23.7. The number of halogens is 1. The molecule has 3 heterocycles. The zero-order chi connectivity index (χ0) is 23.5. The molecule has 11 nitrogen and oxygen atoms in total. The normalized spacial score (nSPS) is 11.2. The number of nitrogens with one attached hydrogen (secondary N) is 2. The number of rotatable bonds is 7. The molecule has 0 aliphatic carbocycles. The first-order chi connectivity index (χ1) is 16.5. The van der Waals surface area contributed by atoms with Crippen molar-refractivity contribution >= 4 is 40.7 Å². The third-order valence-corrected chi connectivity index (χ3v) is 4.64. The molecular formula is C22H15FN8O3. The molecule has 0 saturated heterocycles. The Morgan fingerprint density at radius 1 is 1.00 bits per heavy atom. The molecule has 12 heteroatoms. The van der Waals surface area contributed by atoms with E-state index in [0.717, 1.165) is 0 Å². The highest BCUT2D eigenvalue weighted by atomic mass is 19.1. The van der Waals surface area contributed by atoms with Crippen LogP contribution in [0, 0.1) is 5.82 Å². The van der Waals surface area contributed by atoms with E-state index in [1.165, 1.54) is 18.3 Å². The van der Waals surface area contributed by atoms with E-state index in [9.17, 15) is 9.18 Å². The maximum Gasteiger partial charge on any atom is 0.248 e. The highest BCUT2D eigenvalue weighted by molar-refractivity contribution is 5.94. The van der Waals surface area contributed by atoms with Crippen LogP contribution in [0.5, 0.6) is 0 Å². The minimum absolute atomic E-state index is 0.178. The molecule has 5 rings (SSSR count). The first kappa shape index (κ1) is 20.8. The van der Waals surface area contributed by atoms with Crippen molar-refractivity contribution in [3.63, 3.8) is 0 Å². The van der Waals surface area contributed by atoms with Crippen molar-refractivity contribution in [3.8, 4) is 11.3 Å². The number of hydrogen-bond donors (Lipinski definition) is 3. The molecule has 0 aliphatic heterocycles. The second-order valence-corrected chi connectivity index (χ2v) is 6.98. The van der Waals surface area contributed by atoms with Crippen LogP contribution < -0.4 is 16.5 Å². The molecule has 0 radical (unpaired) electrons. The van der Waals surface area contributed by atoms with Gasteiger partial charge in [-0.15, -0.1) is 0 Å². The Morgan fingerprint density at radius 2 is 1.76 bits per heavy atom. The molecule has 0 unspecified atom stereocenters. The number of fused-ring (bicyclic) bond motifs is 1. The lowest BCUT2D eigenvalue weighted by Crippen LogP contribution is -2.10. The third-order valence-electron chi connectivity index (χ3n) is 4.64. The number of nitrogens with two attached hydrogens (primary N) is 1. The average Bonchev–Trinajstić information content (AvgIpc) is 3.50. The van der Waals surface area contributed by atoms with Gasteiger partial charge in [-0.2, -0.15) is 10.1 Å². The summed E-state index contributed by atoms with van der Waals surface area (Å²) in [6, 6.07) is 16.0. The van der Waals surface area contributed by atoms with Crippen molar-refractivity contribution < 1.29 is 18.2 Å². The lowest BCUT2D eigenvalue weighted by Gasteiger charge is -2.09. The number of hydrazone groups is 1. The average molecular weight is 458 g/mol. The van der Waals surface area contributed by atoms with Crippen LogP contribution in [0.15, 0.2) is 74.8 Å². The van der Waals surface area contributed by atoms with Crippen molar-refractivity contribution in [2.24, 2.45) is 10.8 Å². The van der Waals surface area contributed by atoms with Gasteiger partial charge in [0.15, 0.2) is 11.6 Å². The molecule has 2 aromatic carbocycles. The number of furan rings is 1. The minimum atomic E-state index is -0.523. The molecule has 3 aromatic heterocycles. The topological polar surface area (TPSA) is 157 Å². The highest BCUT2D eigenvalue weighted by Gasteiger charge is 2.13. The number of anilines is 3. The van der Waals surface area contributed by atoms with Crippen LogP contribution >= 0.6 is 0 Å². The zero-order valence-corrected chi connectivity index (χ0v) is 17.3. The third kappa shape index (κ3) is 4.41. The van der Waals surface area contributed by atoms with E-state index in [1.54, 1.807) is 48.5 Å². The lowest BCUT2D eigenvalue weighted by atomic mass is 10.1. The van der Waals surface area contributed by atoms with E-state index in [4.69, 9.17) is 10.2 Å². The zero-order valence-electron chi connectivity index (χ0n) is 17.3. The highest BCUT2D eigenvalue weighted by Crippen LogP contribution is 2.25. The van der Waals surface area contributed by atoms with Gasteiger partial charge in [0.2, 0.25) is 17.2 Å². The first-order valence-electron chi connectivity index (χ1n) is 9.87. The standard InChI is InChI=1S/C22H15FN8O3/c23-14-4-6-15(7-5-14)26-19-20(28-22-21(27-19)30-34-31-22)29-25-11-16-8-9-17(33-16)12-2-1-3-13(10-12)18(24)32/h1-11H,(H2,24,32)(H,26,27,30)(H,28,29,31). The van der Waals surface area contributed by atoms with E-state index in [-0.39, 0.29) is 28.7 Å². The summed E-state index contributed by atoms with van der Waals surface area (Å²) in [4.78, 5) is 20.0. The summed E-state index contributed by atoms with van der Waals surface area (Å²) in [5.74, 6) is 0.593. The van der Waals surface area contributed by atoms with Crippen LogP contribution in [0.3, 0.4) is 0 Å². The van der Waals surface area contributed by atoms with Gasteiger partial charge < -0.3 is 15.5 Å². The minimum Gasteiger partial charge on any atom is -0.455 e. The van der Waals surface area contributed by atoms with Crippen molar-refractivity contribution in [3.05, 3.63) is 77.8 Å². The van der Waals surface area contributed by atoms with Crippen molar-refractivity contribution in [2.45, 2.75) is 0 Å². The van der Waals surface area contributed by atoms with Crippen molar-refractivity contribution in [1.82, 2.24) is 20.3 Å². The van der Waals surface area contributed by atoms with Crippen molar-refractivity contribution in [1.29, 1.82) is 0 Å². The molecule has 0 aliphatic rings. The van der Waals surface area contributed by atoms with E-state index >= 15 is 0 Å². The van der Waals surface area contributed by atoms with Gasteiger partial charge in [-0.3, -0.25) is 10.2 Å². The summed E-state index contributed by atoms with van der Waals surface area (Å²) in [5, 5.41) is 14.5. The summed E-state index contributed by atoms with van der Waals surface area (Å²) in [5.41, 5.74) is 10.1. The van der Waals surface area contributed by atoms with Crippen LogP contribution in [0.2, 0.25) is 0 Å². The number of carbonyl (C=O) groups excluding carboxylic acids is 1. The quantitative estimate of drug-likeness (QED) is 0.244. The summed E-state index contributed by atoms with van der Waals surface area (Å²) >= 11 is 0. The summed E-state index contributed by atoms with van der Waals surface area (Å²) in [6.07, 6.45) is 1.44. The first-order valence-corrected chi connectivity index (χ1v) is 9.87. The molecule has 4 N–H and O–H groups in total. The smallest absolute Gasteiger partial charge is 0.248 e. The van der Waals surface area contributed by atoms with Crippen LogP contribution in [0.25, 0.3) is 22.6 Å². The SMILES string of the molecule is NC(=O)c1cccc(-c2ccc(C=NNc3nc4nonc4nc3Nc3ccc(F)cc3)o2)c1. The van der Waals surface area contributed by atoms with Gasteiger partial charge >= 0.3 is 0 Å². The Labute approximate surface area is 190 Å². The number of amides is 1. The van der Waals surface area contributed by atoms with E-state index < -0.39 is 5.91 Å². The monoisotopic (exact) mass is 458 g/mol. The van der Waals surface area contributed by atoms with Gasteiger partial charge in [0.05, 0.1) is 6.21 Å². The lowest BCUT2D eigenvalue weighted by molar-refractivity contribution is 0.100. The molecule has 1 amide bonds. The molecule has 168 valence electrons. The van der Waals surface area contributed by atoms with Crippen LogP contribution in [0.4, 0.5) is 21.7 Å². The fourth-order valence-corrected chi connectivity index (χ4v) is 3.03. The fraction of sp³-hybridized carbons (Fsp3) is 0. The molecule has 5 aromatic rings. The Kier molecular flexibility index (Phi) is 5.36. The Hall–Kier alpha value is -5.13. The largest absolute Gasteiger partial charge is 0.455 e. The predicted molar refractivity (Wildman–Crippen MR) is 121 cm³/mol. The molecule has 0 saturated carbocycles. The van der Waals surface area contributed by atoms with Gasteiger partial charge in [0, 0.05) is 16.8 Å². The number of benzene rings is 2. The van der Waals surface area contributed by atoms with Crippen molar-refractivity contribution in [2.75, 3.05) is 10.7 Å². The molecule has 0 fully saturated rings. The molecule has 34 heavy (non-hydrogen) atoms. The van der Waals surface area contributed by atoms with Gasteiger partial charge in [0.1, 0.15) is 17.3 Å². The van der Waals surface area contributed by atoms with Gasteiger partial charge in [-0.1, -0.05) is 12.1 Å². The number of nitrogens with zero attached hydrogens (tertiary/aromatic N) is 5. The fourth-order valence-electron chi connectivity index (χ4n) is 3.03. The number of hydrogen-bond acceptors (Lipinski definition) is 10. The molecule has 0 atom stereocenters. The van der Waals surface area contributed by atoms with Gasteiger partial charge in [-0.05, 0) is 58.8 Å². The molecular weight excluding hydrogens is 443 g/mol. The summed E-state index contributed by atoms with van der Waals surface area (Å²) in [6.45, 7) is 0. The number of carbonyl (C=O) groups is 1. The van der Waals surface area contributed by atoms with Gasteiger partial charge in [-0.25, -0.2) is 14.0 Å². The van der Waals surface area contributed by atoms with Crippen LogP contribution in [-0.2, 0) is 0 Å². The molecule has 0 spiro atoms. The van der Waals surface area contributed by atoms with Gasteiger partial charge in [0.25, 0.3) is 0 Å². The Bertz CT molecular complexity index is 1510. The summed E-state index contributed by atoms with van der Waals surface area (Å²) in [7, 11) is 0. The maximum absolute atomic E-state index is 13.2. The Morgan fingerprint density at radius 3 is 2.53 bits per heavy atom. The van der Waals surface area contributed by atoms with Crippen LogP contribution in [0.1, 0.15) is 16.1 Å². The van der Waals surface area contributed by atoms with E-state index in [1.807, 2.05) is 0 Å². The predicted octanol–water partition coefficient (Wildman–Crippen LogP) is 3.70. The van der Waals surface area contributed by atoms with E-state index in [2.05, 4.69) is 40.8 Å².